The Morgan fingerprint density at radius 2 is 1.83 bits per heavy atom. The van der Waals surface area contributed by atoms with Crippen molar-refractivity contribution in [3.05, 3.63) is 59.8 Å². The van der Waals surface area contributed by atoms with Crippen LogP contribution >= 0.6 is 0 Å². The SMILES string of the molecule is CCNC(=NCc1ccc(C(=O)N(C)C)cc1)N1CCN(c2ccccn2)CC1. The zero-order valence-corrected chi connectivity index (χ0v) is 17.5. The molecule has 0 aliphatic carbocycles. The Balaban J connectivity index is 1.61. The topological polar surface area (TPSA) is 64.1 Å². The van der Waals surface area contributed by atoms with E-state index in [4.69, 9.17) is 4.99 Å². The average Bonchev–Trinajstić information content (AvgIpc) is 2.77. The molecule has 1 amide bonds. The molecular formula is C22H30N6O. The zero-order valence-electron chi connectivity index (χ0n) is 17.5. The fraction of sp³-hybridized carbons (Fsp3) is 0.409. The Kier molecular flexibility index (Phi) is 7.05. The van der Waals surface area contributed by atoms with E-state index >= 15 is 0 Å². The number of hydrogen-bond donors (Lipinski definition) is 1. The third-order valence-electron chi connectivity index (χ3n) is 4.91. The smallest absolute Gasteiger partial charge is 0.253 e. The molecule has 154 valence electrons. The minimum Gasteiger partial charge on any atom is -0.357 e. The number of rotatable bonds is 5. The molecular weight excluding hydrogens is 364 g/mol. The van der Waals surface area contributed by atoms with Crippen molar-refractivity contribution in [1.82, 2.24) is 20.1 Å². The van der Waals surface area contributed by atoms with E-state index in [1.807, 2.05) is 42.6 Å². The number of pyridine rings is 1. The first-order valence-corrected chi connectivity index (χ1v) is 10.1. The van der Waals surface area contributed by atoms with Crippen molar-refractivity contribution < 1.29 is 4.79 Å². The summed E-state index contributed by atoms with van der Waals surface area (Å²) in [5.74, 6) is 1.97. The lowest BCUT2D eigenvalue weighted by atomic mass is 10.1. The van der Waals surface area contributed by atoms with E-state index in [1.165, 1.54) is 0 Å². The predicted molar refractivity (Wildman–Crippen MR) is 117 cm³/mol. The summed E-state index contributed by atoms with van der Waals surface area (Å²) in [6.07, 6.45) is 1.84. The van der Waals surface area contributed by atoms with Crippen LogP contribution in [0.1, 0.15) is 22.8 Å². The van der Waals surface area contributed by atoms with Gasteiger partial charge in [-0.3, -0.25) is 4.79 Å². The number of anilines is 1. The Morgan fingerprint density at radius 3 is 2.41 bits per heavy atom. The molecule has 1 aliphatic rings. The van der Waals surface area contributed by atoms with Crippen molar-refractivity contribution in [3.8, 4) is 0 Å². The van der Waals surface area contributed by atoms with Gasteiger partial charge in [-0.2, -0.15) is 0 Å². The van der Waals surface area contributed by atoms with Crippen LogP contribution in [0.2, 0.25) is 0 Å². The number of nitrogens with one attached hydrogen (secondary N) is 1. The number of amides is 1. The average molecular weight is 395 g/mol. The lowest BCUT2D eigenvalue weighted by Crippen LogP contribution is -2.52. The second kappa shape index (κ2) is 9.91. The van der Waals surface area contributed by atoms with Gasteiger partial charge in [0.05, 0.1) is 6.54 Å². The van der Waals surface area contributed by atoms with Crippen molar-refractivity contribution in [2.75, 3.05) is 51.7 Å². The third-order valence-corrected chi connectivity index (χ3v) is 4.91. The molecule has 1 aliphatic heterocycles. The van der Waals surface area contributed by atoms with Crippen LogP contribution in [0.5, 0.6) is 0 Å². The Bertz CT molecular complexity index is 811. The molecule has 29 heavy (non-hydrogen) atoms. The summed E-state index contributed by atoms with van der Waals surface area (Å²) in [5, 5.41) is 3.40. The maximum atomic E-state index is 12.0. The van der Waals surface area contributed by atoms with E-state index < -0.39 is 0 Å². The van der Waals surface area contributed by atoms with Crippen molar-refractivity contribution in [3.63, 3.8) is 0 Å². The third kappa shape index (κ3) is 5.47. The fourth-order valence-corrected chi connectivity index (χ4v) is 3.29. The van der Waals surface area contributed by atoms with E-state index in [9.17, 15) is 4.79 Å². The van der Waals surface area contributed by atoms with Crippen LogP contribution in [-0.2, 0) is 6.54 Å². The Labute approximate surface area is 173 Å². The molecule has 1 saturated heterocycles. The van der Waals surface area contributed by atoms with Crippen LogP contribution in [-0.4, -0.2) is 73.5 Å². The number of carbonyl (C=O) groups excluding carboxylic acids is 1. The molecule has 1 N–H and O–H groups in total. The monoisotopic (exact) mass is 394 g/mol. The molecule has 2 heterocycles. The number of carbonyl (C=O) groups is 1. The van der Waals surface area contributed by atoms with Crippen molar-refractivity contribution in [1.29, 1.82) is 0 Å². The molecule has 0 saturated carbocycles. The quantitative estimate of drug-likeness (QED) is 0.621. The fourth-order valence-electron chi connectivity index (χ4n) is 3.29. The van der Waals surface area contributed by atoms with E-state index in [0.717, 1.165) is 50.1 Å². The lowest BCUT2D eigenvalue weighted by Gasteiger charge is -2.37. The lowest BCUT2D eigenvalue weighted by molar-refractivity contribution is 0.0827. The van der Waals surface area contributed by atoms with E-state index in [2.05, 4.69) is 33.1 Å². The van der Waals surface area contributed by atoms with Crippen molar-refractivity contribution in [2.24, 2.45) is 4.99 Å². The first-order chi connectivity index (χ1) is 14.1. The van der Waals surface area contributed by atoms with Crippen LogP contribution in [0.15, 0.2) is 53.7 Å². The first kappa shape index (κ1) is 20.6. The summed E-state index contributed by atoms with van der Waals surface area (Å²) < 4.78 is 0. The molecule has 3 rings (SSSR count). The number of benzene rings is 1. The number of nitrogens with zero attached hydrogens (tertiary/aromatic N) is 5. The summed E-state index contributed by atoms with van der Waals surface area (Å²) >= 11 is 0. The number of aliphatic imine (C=N–C) groups is 1. The maximum Gasteiger partial charge on any atom is 0.253 e. The van der Waals surface area contributed by atoms with Gasteiger partial charge in [-0.15, -0.1) is 0 Å². The summed E-state index contributed by atoms with van der Waals surface area (Å²) in [5.41, 5.74) is 1.78. The van der Waals surface area contributed by atoms with Gasteiger partial charge in [0.25, 0.3) is 5.91 Å². The van der Waals surface area contributed by atoms with Gasteiger partial charge in [0.1, 0.15) is 5.82 Å². The van der Waals surface area contributed by atoms with Gasteiger partial charge in [0.15, 0.2) is 5.96 Å². The van der Waals surface area contributed by atoms with Gasteiger partial charge in [0.2, 0.25) is 0 Å². The van der Waals surface area contributed by atoms with E-state index in [1.54, 1.807) is 19.0 Å². The van der Waals surface area contributed by atoms with Gasteiger partial charge in [-0.05, 0) is 36.8 Å². The molecule has 0 unspecified atom stereocenters. The predicted octanol–water partition coefficient (Wildman–Crippen LogP) is 2.07. The van der Waals surface area contributed by atoms with Crippen molar-refractivity contribution >= 4 is 17.7 Å². The molecule has 0 radical (unpaired) electrons. The zero-order chi connectivity index (χ0) is 20.6. The van der Waals surface area contributed by atoms with Crippen LogP contribution in [0.4, 0.5) is 5.82 Å². The summed E-state index contributed by atoms with van der Waals surface area (Å²) in [7, 11) is 3.52. The van der Waals surface area contributed by atoms with Crippen LogP contribution in [0.25, 0.3) is 0 Å². The molecule has 1 aromatic carbocycles. The molecule has 2 aromatic rings. The van der Waals surface area contributed by atoms with Crippen LogP contribution in [0, 0.1) is 0 Å². The highest BCUT2D eigenvalue weighted by Crippen LogP contribution is 2.13. The molecule has 7 nitrogen and oxygen atoms in total. The molecule has 1 aromatic heterocycles. The van der Waals surface area contributed by atoms with Gasteiger partial charge < -0.3 is 20.0 Å². The largest absolute Gasteiger partial charge is 0.357 e. The van der Waals surface area contributed by atoms with E-state index in [-0.39, 0.29) is 5.91 Å². The standard InChI is InChI=1S/C22H30N6O/c1-4-23-22(25-17-18-8-10-19(11-9-18)21(29)26(2)3)28-15-13-27(14-16-28)20-7-5-6-12-24-20/h5-12H,4,13-17H2,1-3H3,(H,23,25). The number of guanidine groups is 1. The van der Waals surface area contributed by atoms with Crippen LogP contribution in [0.3, 0.4) is 0 Å². The summed E-state index contributed by atoms with van der Waals surface area (Å²) in [4.78, 5) is 27.5. The first-order valence-electron chi connectivity index (χ1n) is 10.1. The molecule has 0 spiro atoms. The van der Waals surface area contributed by atoms with E-state index in [0.29, 0.717) is 12.1 Å². The Hall–Kier alpha value is -3.09. The highest BCUT2D eigenvalue weighted by molar-refractivity contribution is 5.93. The van der Waals surface area contributed by atoms with Crippen LogP contribution < -0.4 is 10.2 Å². The Morgan fingerprint density at radius 1 is 1.10 bits per heavy atom. The number of aromatic nitrogens is 1. The second-order valence-corrected chi connectivity index (χ2v) is 7.23. The second-order valence-electron chi connectivity index (χ2n) is 7.23. The number of hydrogen-bond acceptors (Lipinski definition) is 4. The van der Waals surface area contributed by atoms with Gasteiger partial charge in [0, 0.05) is 58.6 Å². The normalized spacial score (nSPS) is 14.7. The number of piperazine rings is 1. The minimum atomic E-state index is 0.0131. The molecule has 0 atom stereocenters. The van der Waals surface area contributed by atoms with Gasteiger partial charge in [-0.1, -0.05) is 18.2 Å². The minimum absolute atomic E-state index is 0.0131. The molecule has 1 fully saturated rings. The highest BCUT2D eigenvalue weighted by atomic mass is 16.2. The van der Waals surface area contributed by atoms with Gasteiger partial charge in [-0.25, -0.2) is 9.98 Å². The maximum absolute atomic E-state index is 12.0. The highest BCUT2D eigenvalue weighted by Gasteiger charge is 2.20. The summed E-state index contributed by atoms with van der Waals surface area (Å²) in [6, 6.07) is 13.7. The van der Waals surface area contributed by atoms with Crippen molar-refractivity contribution in [2.45, 2.75) is 13.5 Å². The van der Waals surface area contributed by atoms with Gasteiger partial charge >= 0.3 is 0 Å². The molecule has 0 bridgehead atoms. The molecule has 7 heteroatoms. The summed E-state index contributed by atoms with van der Waals surface area (Å²) in [6.45, 7) is 7.14.